The van der Waals surface area contributed by atoms with E-state index in [0.717, 1.165) is 17.0 Å². The number of aromatic nitrogens is 2. The minimum atomic E-state index is -0.287. The number of carbonyl (C=O) groups excluding carboxylic acids is 1. The molecule has 1 saturated carbocycles. The zero-order valence-electron chi connectivity index (χ0n) is 12.2. The molecule has 1 amide bonds. The highest BCUT2D eigenvalue weighted by molar-refractivity contribution is 6.00. The van der Waals surface area contributed by atoms with Crippen molar-refractivity contribution < 1.29 is 4.79 Å². The Hall–Kier alpha value is -2.43. The summed E-state index contributed by atoms with van der Waals surface area (Å²) >= 11 is 0. The van der Waals surface area contributed by atoms with Gasteiger partial charge in [-0.3, -0.25) is 9.89 Å². The molecule has 3 rings (SSSR count). The topological polar surface area (TPSA) is 70.1 Å². The average Bonchev–Trinajstić information content (AvgIpc) is 3.22. The summed E-state index contributed by atoms with van der Waals surface area (Å²) in [4.78, 5) is 12.0. The van der Waals surface area contributed by atoms with Gasteiger partial charge in [-0.2, -0.15) is 10.2 Å². The van der Waals surface area contributed by atoms with Gasteiger partial charge in [0.05, 0.1) is 5.71 Å². The second kappa shape index (κ2) is 5.52. The Kier molecular flexibility index (Phi) is 3.56. The molecule has 0 bridgehead atoms. The molecule has 1 aliphatic rings. The summed E-state index contributed by atoms with van der Waals surface area (Å²) < 4.78 is 0. The molecule has 1 aromatic carbocycles. The Morgan fingerprint density at radius 2 is 2.05 bits per heavy atom. The SMILES string of the molecule is CC(=NNC(=O)c1cc(C2CC2)[nH]n1)c1ccc(C)cc1. The number of carbonyl (C=O) groups is 1. The average molecular weight is 282 g/mol. The van der Waals surface area contributed by atoms with E-state index in [2.05, 4.69) is 20.7 Å². The van der Waals surface area contributed by atoms with Crippen molar-refractivity contribution in [2.45, 2.75) is 32.6 Å². The number of H-pyrrole nitrogens is 1. The van der Waals surface area contributed by atoms with E-state index in [1.807, 2.05) is 44.2 Å². The molecule has 1 aliphatic carbocycles. The fraction of sp³-hybridized carbons (Fsp3) is 0.312. The summed E-state index contributed by atoms with van der Waals surface area (Å²) in [5.74, 6) is 0.265. The second-order valence-corrected chi connectivity index (χ2v) is 5.49. The number of hydrogen-bond acceptors (Lipinski definition) is 3. The summed E-state index contributed by atoms with van der Waals surface area (Å²) in [7, 11) is 0. The van der Waals surface area contributed by atoms with Crippen molar-refractivity contribution in [1.82, 2.24) is 15.6 Å². The van der Waals surface area contributed by atoms with E-state index in [1.54, 1.807) is 0 Å². The number of nitrogens with zero attached hydrogens (tertiary/aromatic N) is 2. The van der Waals surface area contributed by atoms with Crippen molar-refractivity contribution >= 4 is 11.6 Å². The van der Waals surface area contributed by atoms with Crippen LogP contribution in [-0.2, 0) is 0 Å². The maximum atomic E-state index is 12.0. The summed E-state index contributed by atoms with van der Waals surface area (Å²) in [5.41, 5.74) is 6.93. The third-order valence-electron chi connectivity index (χ3n) is 3.64. The number of aryl methyl sites for hydroxylation is 1. The molecule has 0 aliphatic heterocycles. The van der Waals surface area contributed by atoms with Crippen LogP contribution >= 0.6 is 0 Å². The van der Waals surface area contributed by atoms with Gasteiger partial charge < -0.3 is 0 Å². The van der Waals surface area contributed by atoms with Crippen LogP contribution in [0.1, 0.15) is 53.0 Å². The molecule has 1 aromatic heterocycles. The molecule has 0 spiro atoms. The van der Waals surface area contributed by atoms with Crippen molar-refractivity contribution in [3.05, 3.63) is 52.8 Å². The first-order valence-electron chi connectivity index (χ1n) is 7.10. The molecule has 5 nitrogen and oxygen atoms in total. The van der Waals surface area contributed by atoms with E-state index >= 15 is 0 Å². The molecule has 5 heteroatoms. The van der Waals surface area contributed by atoms with E-state index in [1.165, 1.54) is 18.4 Å². The number of amides is 1. The van der Waals surface area contributed by atoms with Gasteiger partial charge in [0, 0.05) is 11.6 Å². The smallest absolute Gasteiger partial charge is 0.281 e. The van der Waals surface area contributed by atoms with Crippen LogP contribution in [0.2, 0.25) is 0 Å². The molecule has 108 valence electrons. The first-order chi connectivity index (χ1) is 10.1. The lowest BCUT2D eigenvalue weighted by atomic mass is 10.1. The number of aromatic amines is 1. The molecule has 2 N–H and O–H groups in total. The highest BCUT2D eigenvalue weighted by Crippen LogP contribution is 2.38. The highest BCUT2D eigenvalue weighted by Gasteiger charge is 2.26. The number of nitrogens with one attached hydrogen (secondary N) is 2. The van der Waals surface area contributed by atoms with Crippen LogP contribution in [-0.4, -0.2) is 21.8 Å². The van der Waals surface area contributed by atoms with Crippen LogP contribution in [0.4, 0.5) is 0 Å². The molecular formula is C16H18N4O. The van der Waals surface area contributed by atoms with E-state index in [4.69, 9.17) is 0 Å². The Labute approximate surface area is 123 Å². The largest absolute Gasteiger partial charge is 0.291 e. The minimum absolute atomic E-state index is 0.287. The highest BCUT2D eigenvalue weighted by atomic mass is 16.2. The van der Waals surface area contributed by atoms with Gasteiger partial charge in [-0.05, 0) is 38.3 Å². The van der Waals surface area contributed by atoms with Gasteiger partial charge in [0.2, 0.25) is 0 Å². The lowest BCUT2D eigenvalue weighted by Crippen LogP contribution is -2.19. The first-order valence-corrected chi connectivity index (χ1v) is 7.10. The summed E-state index contributed by atoms with van der Waals surface area (Å²) in [6.07, 6.45) is 2.35. The van der Waals surface area contributed by atoms with Gasteiger partial charge in [0.15, 0.2) is 5.69 Å². The third-order valence-corrected chi connectivity index (χ3v) is 3.64. The summed E-state index contributed by atoms with van der Waals surface area (Å²) in [5, 5.41) is 11.1. The van der Waals surface area contributed by atoms with Crippen LogP contribution in [0.15, 0.2) is 35.4 Å². The van der Waals surface area contributed by atoms with Crippen molar-refractivity contribution in [3.8, 4) is 0 Å². The number of hydrogen-bond donors (Lipinski definition) is 2. The van der Waals surface area contributed by atoms with Gasteiger partial charge in [-0.1, -0.05) is 29.8 Å². The van der Waals surface area contributed by atoms with Crippen LogP contribution < -0.4 is 5.43 Å². The maximum Gasteiger partial charge on any atom is 0.291 e. The van der Waals surface area contributed by atoms with Gasteiger partial charge >= 0.3 is 0 Å². The van der Waals surface area contributed by atoms with Crippen LogP contribution in [0.3, 0.4) is 0 Å². The molecule has 0 unspecified atom stereocenters. The summed E-state index contributed by atoms with van der Waals surface area (Å²) in [6.45, 7) is 3.90. The lowest BCUT2D eigenvalue weighted by molar-refractivity contribution is 0.0950. The predicted octanol–water partition coefficient (Wildman–Crippen LogP) is 2.75. The zero-order valence-corrected chi connectivity index (χ0v) is 12.2. The Morgan fingerprint density at radius 1 is 1.33 bits per heavy atom. The monoisotopic (exact) mass is 282 g/mol. The molecule has 2 aromatic rings. The maximum absolute atomic E-state index is 12.0. The molecular weight excluding hydrogens is 264 g/mol. The van der Waals surface area contributed by atoms with E-state index in [-0.39, 0.29) is 5.91 Å². The molecule has 1 heterocycles. The van der Waals surface area contributed by atoms with Gasteiger partial charge in [0.1, 0.15) is 0 Å². The molecule has 0 radical (unpaired) electrons. The molecule has 0 atom stereocenters. The van der Waals surface area contributed by atoms with Crippen molar-refractivity contribution in [1.29, 1.82) is 0 Å². The number of rotatable bonds is 4. The van der Waals surface area contributed by atoms with E-state index < -0.39 is 0 Å². The molecule has 0 saturated heterocycles. The fourth-order valence-electron chi connectivity index (χ4n) is 2.11. The Bertz CT molecular complexity index is 681. The fourth-order valence-corrected chi connectivity index (χ4v) is 2.11. The Morgan fingerprint density at radius 3 is 2.71 bits per heavy atom. The van der Waals surface area contributed by atoms with Crippen molar-refractivity contribution in [3.63, 3.8) is 0 Å². The van der Waals surface area contributed by atoms with Gasteiger partial charge in [-0.15, -0.1) is 0 Å². The van der Waals surface area contributed by atoms with Gasteiger partial charge in [-0.25, -0.2) is 5.43 Å². The third kappa shape index (κ3) is 3.18. The van der Waals surface area contributed by atoms with Crippen LogP contribution in [0.25, 0.3) is 0 Å². The normalized spacial score (nSPS) is 15.0. The standard InChI is InChI=1S/C16H18N4O/c1-10-3-5-12(6-4-10)11(2)17-20-16(21)15-9-14(18-19-15)13-7-8-13/h3-6,9,13H,7-8H2,1-2H3,(H,18,19)(H,20,21). The van der Waals surface area contributed by atoms with Crippen LogP contribution in [0.5, 0.6) is 0 Å². The minimum Gasteiger partial charge on any atom is -0.281 e. The van der Waals surface area contributed by atoms with Gasteiger partial charge in [0.25, 0.3) is 5.91 Å². The Balaban J connectivity index is 1.65. The van der Waals surface area contributed by atoms with E-state index in [9.17, 15) is 4.79 Å². The molecule has 1 fully saturated rings. The zero-order chi connectivity index (χ0) is 14.8. The first kappa shape index (κ1) is 13.5. The predicted molar refractivity (Wildman–Crippen MR) is 81.4 cm³/mol. The van der Waals surface area contributed by atoms with Crippen molar-refractivity contribution in [2.75, 3.05) is 0 Å². The quantitative estimate of drug-likeness (QED) is 0.668. The van der Waals surface area contributed by atoms with Crippen molar-refractivity contribution in [2.24, 2.45) is 5.10 Å². The van der Waals surface area contributed by atoms with Crippen LogP contribution in [0, 0.1) is 6.92 Å². The summed E-state index contributed by atoms with van der Waals surface area (Å²) in [6, 6.07) is 9.82. The number of hydrazone groups is 1. The number of benzene rings is 1. The second-order valence-electron chi connectivity index (χ2n) is 5.49. The lowest BCUT2D eigenvalue weighted by Gasteiger charge is -2.02. The molecule has 21 heavy (non-hydrogen) atoms. The van der Waals surface area contributed by atoms with E-state index in [0.29, 0.717) is 11.6 Å².